The summed E-state index contributed by atoms with van der Waals surface area (Å²) in [5, 5.41) is 0.135. The summed E-state index contributed by atoms with van der Waals surface area (Å²) < 4.78 is 5.25. The predicted molar refractivity (Wildman–Crippen MR) is 67.5 cm³/mol. The largest absolute Gasteiger partial charge is 0.496 e. The maximum atomic E-state index is 12.3. The molecule has 1 heterocycles. The second kappa shape index (κ2) is 4.91. The summed E-state index contributed by atoms with van der Waals surface area (Å²) >= 11 is 1.77. The number of ketones is 1. The Morgan fingerprint density at radius 1 is 1.50 bits per heavy atom. The fourth-order valence-electron chi connectivity index (χ4n) is 1.97. The van der Waals surface area contributed by atoms with Crippen LogP contribution in [0, 0.1) is 6.92 Å². The molecule has 0 spiro atoms. The number of methoxy groups -OCH3 is 1. The van der Waals surface area contributed by atoms with Crippen molar-refractivity contribution in [3.8, 4) is 5.75 Å². The van der Waals surface area contributed by atoms with Crippen molar-refractivity contribution in [3.05, 3.63) is 29.3 Å². The first-order valence-corrected chi connectivity index (χ1v) is 6.57. The minimum Gasteiger partial charge on any atom is -0.496 e. The van der Waals surface area contributed by atoms with Crippen LogP contribution in [0.15, 0.2) is 18.2 Å². The number of ether oxygens (including phenoxy) is 1. The summed E-state index contributed by atoms with van der Waals surface area (Å²) in [4.78, 5) is 12.3. The Balaban J connectivity index is 2.30. The number of hydrogen-bond donors (Lipinski definition) is 0. The Labute approximate surface area is 100 Å². The first-order chi connectivity index (χ1) is 7.72. The molecule has 1 fully saturated rings. The number of hydrogen-bond acceptors (Lipinski definition) is 3. The quantitative estimate of drug-likeness (QED) is 0.754. The molecule has 0 amide bonds. The van der Waals surface area contributed by atoms with E-state index in [1.54, 1.807) is 18.9 Å². The van der Waals surface area contributed by atoms with Gasteiger partial charge in [-0.3, -0.25) is 4.79 Å². The SMILES string of the molecule is COc1ccc(C)cc1C(=O)C1CCCS1. The van der Waals surface area contributed by atoms with Gasteiger partial charge in [-0.2, -0.15) is 11.8 Å². The number of Topliss-reactive ketones (excluding diaryl/α,β-unsaturated/α-hetero) is 1. The van der Waals surface area contributed by atoms with Crippen LogP contribution in [0.1, 0.15) is 28.8 Å². The Morgan fingerprint density at radius 3 is 2.94 bits per heavy atom. The summed E-state index contributed by atoms with van der Waals surface area (Å²) in [7, 11) is 1.61. The fraction of sp³-hybridized carbons (Fsp3) is 0.462. The molecule has 1 aliphatic heterocycles. The zero-order chi connectivity index (χ0) is 11.5. The van der Waals surface area contributed by atoms with E-state index in [1.165, 1.54) is 0 Å². The monoisotopic (exact) mass is 236 g/mol. The average molecular weight is 236 g/mol. The molecule has 3 heteroatoms. The van der Waals surface area contributed by atoms with E-state index >= 15 is 0 Å². The lowest BCUT2D eigenvalue weighted by Gasteiger charge is -2.12. The van der Waals surface area contributed by atoms with Crippen LogP contribution >= 0.6 is 11.8 Å². The van der Waals surface area contributed by atoms with Crippen LogP contribution in [0.25, 0.3) is 0 Å². The molecule has 2 rings (SSSR count). The highest BCUT2D eigenvalue weighted by Crippen LogP contribution is 2.32. The molecule has 1 atom stereocenters. The molecule has 1 unspecified atom stereocenters. The lowest BCUT2D eigenvalue weighted by atomic mass is 10.0. The number of carbonyl (C=O) groups excluding carboxylic acids is 1. The molecule has 0 saturated carbocycles. The van der Waals surface area contributed by atoms with Gasteiger partial charge in [-0.05, 0) is 37.7 Å². The molecule has 1 aromatic carbocycles. The number of rotatable bonds is 3. The second-order valence-electron chi connectivity index (χ2n) is 4.07. The van der Waals surface area contributed by atoms with Gasteiger partial charge in [-0.25, -0.2) is 0 Å². The van der Waals surface area contributed by atoms with Crippen molar-refractivity contribution in [2.45, 2.75) is 25.0 Å². The molecule has 1 aromatic rings. The normalized spacial score (nSPS) is 19.8. The summed E-state index contributed by atoms with van der Waals surface area (Å²) in [5.41, 5.74) is 1.84. The zero-order valence-electron chi connectivity index (χ0n) is 9.66. The standard InChI is InChI=1S/C13H16O2S/c1-9-5-6-11(15-2)10(8-9)13(14)12-4-3-7-16-12/h5-6,8,12H,3-4,7H2,1-2H3. The van der Waals surface area contributed by atoms with E-state index in [4.69, 9.17) is 4.74 Å². The highest BCUT2D eigenvalue weighted by Gasteiger charge is 2.26. The van der Waals surface area contributed by atoms with Crippen molar-refractivity contribution in [3.63, 3.8) is 0 Å². The van der Waals surface area contributed by atoms with Gasteiger partial charge in [-0.1, -0.05) is 11.6 Å². The minimum absolute atomic E-state index is 0.135. The van der Waals surface area contributed by atoms with Crippen LogP contribution < -0.4 is 4.74 Å². The van der Waals surface area contributed by atoms with Crippen LogP contribution in [0.4, 0.5) is 0 Å². The Morgan fingerprint density at radius 2 is 2.31 bits per heavy atom. The van der Waals surface area contributed by atoms with E-state index in [0.29, 0.717) is 5.75 Å². The van der Waals surface area contributed by atoms with Gasteiger partial charge in [0.05, 0.1) is 17.9 Å². The van der Waals surface area contributed by atoms with E-state index in [0.717, 1.165) is 29.7 Å². The van der Waals surface area contributed by atoms with Gasteiger partial charge >= 0.3 is 0 Å². The Kier molecular flexibility index (Phi) is 3.54. The average Bonchev–Trinajstić information content (AvgIpc) is 2.81. The third-order valence-corrected chi connectivity index (χ3v) is 4.22. The second-order valence-corrected chi connectivity index (χ2v) is 5.38. The Bertz CT molecular complexity index is 395. The molecule has 0 N–H and O–H groups in total. The zero-order valence-corrected chi connectivity index (χ0v) is 10.5. The number of thioether (sulfide) groups is 1. The van der Waals surface area contributed by atoms with Crippen molar-refractivity contribution in [1.82, 2.24) is 0 Å². The maximum absolute atomic E-state index is 12.3. The summed E-state index contributed by atoms with van der Waals surface area (Å²) in [5.74, 6) is 2.02. The van der Waals surface area contributed by atoms with Gasteiger partial charge in [0.1, 0.15) is 5.75 Å². The van der Waals surface area contributed by atoms with Gasteiger partial charge in [0.15, 0.2) is 5.78 Å². The lowest BCUT2D eigenvalue weighted by Crippen LogP contribution is -2.15. The molecule has 0 bridgehead atoms. The number of carbonyl (C=O) groups is 1. The molecule has 0 aliphatic carbocycles. The van der Waals surface area contributed by atoms with Crippen LogP contribution in [0.5, 0.6) is 5.75 Å². The van der Waals surface area contributed by atoms with Gasteiger partial charge in [0.25, 0.3) is 0 Å². The molecular weight excluding hydrogens is 220 g/mol. The van der Waals surface area contributed by atoms with Crippen molar-refractivity contribution >= 4 is 17.5 Å². The van der Waals surface area contributed by atoms with Gasteiger partial charge < -0.3 is 4.74 Å². The van der Waals surface area contributed by atoms with E-state index in [2.05, 4.69) is 0 Å². The molecule has 2 nitrogen and oxygen atoms in total. The van der Waals surface area contributed by atoms with Crippen molar-refractivity contribution in [1.29, 1.82) is 0 Å². The molecule has 0 radical (unpaired) electrons. The van der Waals surface area contributed by atoms with Gasteiger partial charge in [0.2, 0.25) is 0 Å². The Hall–Kier alpha value is -0.960. The van der Waals surface area contributed by atoms with E-state index in [-0.39, 0.29) is 11.0 Å². The molecule has 0 aromatic heterocycles. The molecule has 16 heavy (non-hydrogen) atoms. The topological polar surface area (TPSA) is 26.3 Å². The van der Waals surface area contributed by atoms with Crippen LogP contribution in [-0.2, 0) is 0 Å². The molecule has 1 saturated heterocycles. The van der Waals surface area contributed by atoms with E-state index < -0.39 is 0 Å². The first kappa shape index (κ1) is 11.5. The smallest absolute Gasteiger partial charge is 0.179 e. The third kappa shape index (κ3) is 2.24. The summed E-state index contributed by atoms with van der Waals surface area (Å²) in [6, 6.07) is 5.78. The predicted octanol–water partition coefficient (Wildman–Crippen LogP) is 3.08. The molecule has 86 valence electrons. The van der Waals surface area contributed by atoms with Crippen LogP contribution in [0.2, 0.25) is 0 Å². The lowest BCUT2D eigenvalue weighted by molar-refractivity contribution is 0.0985. The van der Waals surface area contributed by atoms with E-state index in [1.807, 2.05) is 25.1 Å². The van der Waals surface area contributed by atoms with Gasteiger partial charge in [0, 0.05) is 0 Å². The third-order valence-electron chi connectivity index (χ3n) is 2.84. The minimum atomic E-state index is 0.135. The number of benzene rings is 1. The number of aryl methyl sites for hydroxylation is 1. The molecular formula is C13H16O2S. The van der Waals surface area contributed by atoms with Crippen molar-refractivity contribution < 1.29 is 9.53 Å². The van der Waals surface area contributed by atoms with E-state index in [9.17, 15) is 4.79 Å². The first-order valence-electron chi connectivity index (χ1n) is 5.53. The highest BCUT2D eigenvalue weighted by molar-refractivity contribution is 8.00. The van der Waals surface area contributed by atoms with Crippen molar-refractivity contribution in [2.24, 2.45) is 0 Å². The van der Waals surface area contributed by atoms with Crippen LogP contribution in [0.3, 0.4) is 0 Å². The maximum Gasteiger partial charge on any atom is 0.179 e. The highest BCUT2D eigenvalue weighted by atomic mass is 32.2. The van der Waals surface area contributed by atoms with Gasteiger partial charge in [-0.15, -0.1) is 0 Å². The summed E-state index contributed by atoms with van der Waals surface area (Å²) in [6.45, 7) is 2.00. The van der Waals surface area contributed by atoms with Crippen LogP contribution in [-0.4, -0.2) is 23.9 Å². The molecule has 1 aliphatic rings. The van der Waals surface area contributed by atoms with Crippen molar-refractivity contribution in [2.75, 3.05) is 12.9 Å². The fourth-order valence-corrected chi connectivity index (χ4v) is 3.20. The summed E-state index contributed by atoms with van der Waals surface area (Å²) in [6.07, 6.45) is 2.15.